The summed E-state index contributed by atoms with van der Waals surface area (Å²) in [4.78, 5) is 6.62. The molecule has 1 aliphatic heterocycles. The van der Waals surface area contributed by atoms with Crippen molar-refractivity contribution in [2.24, 2.45) is 5.92 Å². The highest BCUT2D eigenvalue weighted by atomic mass is 16.3. The lowest BCUT2D eigenvalue weighted by molar-refractivity contribution is 0.114. The summed E-state index contributed by atoms with van der Waals surface area (Å²) in [5.74, 6) is 0.436. The second-order valence-electron chi connectivity index (χ2n) is 5.51. The molecule has 2 aromatic heterocycles. The zero-order valence-corrected chi connectivity index (χ0v) is 11.7. The monoisotopic (exact) mass is 271 g/mol. The SMILES string of the molecule is OCC1CCCN(Cc2cccn2-c2cccnc2)C1. The number of piperidine rings is 1. The molecule has 0 aliphatic carbocycles. The highest BCUT2D eigenvalue weighted by Crippen LogP contribution is 2.19. The molecule has 1 aliphatic rings. The largest absolute Gasteiger partial charge is 0.396 e. The number of hydrogen-bond donors (Lipinski definition) is 1. The van der Waals surface area contributed by atoms with Crippen LogP contribution in [0.3, 0.4) is 0 Å². The molecule has 0 spiro atoms. The highest BCUT2D eigenvalue weighted by Gasteiger charge is 2.20. The third-order valence-corrected chi connectivity index (χ3v) is 4.00. The first kappa shape index (κ1) is 13.3. The van der Waals surface area contributed by atoms with Crippen LogP contribution in [0.4, 0.5) is 0 Å². The molecule has 1 atom stereocenters. The molecule has 1 N–H and O–H groups in total. The van der Waals surface area contributed by atoms with E-state index in [-0.39, 0.29) is 0 Å². The third kappa shape index (κ3) is 2.92. The number of rotatable bonds is 4. The van der Waals surface area contributed by atoms with E-state index in [2.05, 4.69) is 38.8 Å². The maximum absolute atomic E-state index is 9.33. The molecule has 1 fully saturated rings. The van der Waals surface area contributed by atoms with Gasteiger partial charge in [0.1, 0.15) is 0 Å². The molecule has 3 heterocycles. The fourth-order valence-electron chi connectivity index (χ4n) is 2.97. The Hall–Kier alpha value is -1.65. The molecule has 1 unspecified atom stereocenters. The van der Waals surface area contributed by atoms with Gasteiger partial charge in [0.05, 0.1) is 11.9 Å². The molecule has 0 radical (unpaired) electrons. The number of aliphatic hydroxyl groups is 1. The summed E-state index contributed by atoms with van der Waals surface area (Å²) in [5.41, 5.74) is 2.37. The summed E-state index contributed by atoms with van der Waals surface area (Å²) in [7, 11) is 0. The number of aromatic nitrogens is 2. The fourth-order valence-corrected chi connectivity index (χ4v) is 2.97. The predicted molar refractivity (Wildman–Crippen MR) is 78.7 cm³/mol. The first-order valence-corrected chi connectivity index (χ1v) is 7.26. The van der Waals surface area contributed by atoms with Gasteiger partial charge in [-0.3, -0.25) is 9.88 Å². The summed E-state index contributed by atoms with van der Waals surface area (Å²) in [6, 6.07) is 8.27. The van der Waals surface area contributed by atoms with Crippen LogP contribution in [0.15, 0.2) is 42.9 Å². The molecule has 0 aromatic carbocycles. The van der Waals surface area contributed by atoms with Crippen molar-refractivity contribution < 1.29 is 5.11 Å². The summed E-state index contributed by atoms with van der Waals surface area (Å²) in [6.07, 6.45) is 8.09. The second kappa shape index (κ2) is 6.20. The Labute approximate surface area is 119 Å². The Balaban J connectivity index is 1.74. The Morgan fingerprint density at radius 3 is 3.05 bits per heavy atom. The molecule has 4 heteroatoms. The highest BCUT2D eigenvalue weighted by molar-refractivity contribution is 5.32. The predicted octanol–water partition coefficient (Wildman–Crippen LogP) is 2.08. The molecule has 0 bridgehead atoms. The van der Waals surface area contributed by atoms with Gasteiger partial charge in [0.25, 0.3) is 0 Å². The normalized spacial score (nSPS) is 20.1. The molecule has 0 saturated carbocycles. The van der Waals surface area contributed by atoms with Crippen LogP contribution in [0, 0.1) is 5.92 Å². The second-order valence-corrected chi connectivity index (χ2v) is 5.51. The van der Waals surface area contributed by atoms with E-state index in [4.69, 9.17) is 0 Å². The van der Waals surface area contributed by atoms with Crippen LogP contribution in [-0.2, 0) is 6.54 Å². The van der Waals surface area contributed by atoms with Crippen molar-refractivity contribution in [3.8, 4) is 5.69 Å². The molecular weight excluding hydrogens is 250 g/mol. The number of hydrogen-bond acceptors (Lipinski definition) is 3. The third-order valence-electron chi connectivity index (χ3n) is 4.00. The van der Waals surface area contributed by atoms with Crippen molar-refractivity contribution in [3.63, 3.8) is 0 Å². The zero-order valence-electron chi connectivity index (χ0n) is 11.7. The van der Waals surface area contributed by atoms with Crippen LogP contribution in [0.25, 0.3) is 5.69 Å². The van der Waals surface area contributed by atoms with Crippen molar-refractivity contribution in [3.05, 3.63) is 48.5 Å². The Bertz CT molecular complexity index is 538. The van der Waals surface area contributed by atoms with Gasteiger partial charge in [-0.1, -0.05) is 0 Å². The molecule has 0 amide bonds. The average molecular weight is 271 g/mol. The van der Waals surface area contributed by atoms with E-state index in [0.717, 1.165) is 31.7 Å². The molecule has 1 saturated heterocycles. The smallest absolute Gasteiger partial charge is 0.0636 e. The van der Waals surface area contributed by atoms with E-state index in [1.807, 2.05) is 12.3 Å². The van der Waals surface area contributed by atoms with Crippen molar-refractivity contribution in [1.82, 2.24) is 14.5 Å². The van der Waals surface area contributed by atoms with E-state index in [9.17, 15) is 5.11 Å². The molecule has 106 valence electrons. The minimum Gasteiger partial charge on any atom is -0.396 e. The van der Waals surface area contributed by atoms with Crippen molar-refractivity contribution in [1.29, 1.82) is 0 Å². The van der Waals surface area contributed by atoms with Gasteiger partial charge in [-0.05, 0) is 49.6 Å². The number of pyridine rings is 1. The molecule has 3 rings (SSSR count). The van der Waals surface area contributed by atoms with Crippen LogP contribution >= 0.6 is 0 Å². The first-order valence-electron chi connectivity index (χ1n) is 7.26. The van der Waals surface area contributed by atoms with E-state index in [0.29, 0.717) is 12.5 Å². The summed E-state index contributed by atoms with van der Waals surface area (Å²) < 4.78 is 2.19. The first-order chi connectivity index (χ1) is 9.86. The maximum Gasteiger partial charge on any atom is 0.0636 e. The van der Waals surface area contributed by atoms with Crippen LogP contribution in [-0.4, -0.2) is 39.3 Å². The van der Waals surface area contributed by atoms with Crippen molar-refractivity contribution >= 4 is 0 Å². The Morgan fingerprint density at radius 1 is 1.30 bits per heavy atom. The van der Waals surface area contributed by atoms with E-state index < -0.39 is 0 Å². The van der Waals surface area contributed by atoms with Crippen LogP contribution < -0.4 is 0 Å². The minimum absolute atomic E-state index is 0.306. The molecule has 2 aromatic rings. The molecule has 4 nitrogen and oxygen atoms in total. The quantitative estimate of drug-likeness (QED) is 0.925. The summed E-state index contributed by atoms with van der Waals surface area (Å²) in [5, 5.41) is 9.33. The number of nitrogens with zero attached hydrogens (tertiary/aromatic N) is 3. The van der Waals surface area contributed by atoms with E-state index in [1.54, 1.807) is 6.20 Å². The van der Waals surface area contributed by atoms with Gasteiger partial charge >= 0.3 is 0 Å². The van der Waals surface area contributed by atoms with Gasteiger partial charge in [0.15, 0.2) is 0 Å². The molecule has 20 heavy (non-hydrogen) atoms. The van der Waals surface area contributed by atoms with Crippen molar-refractivity contribution in [2.45, 2.75) is 19.4 Å². The zero-order chi connectivity index (χ0) is 13.8. The topological polar surface area (TPSA) is 41.3 Å². The van der Waals surface area contributed by atoms with Gasteiger partial charge in [0, 0.05) is 37.8 Å². The van der Waals surface area contributed by atoms with Crippen LogP contribution in [0.5, 0.6) is 0 Å². The molecular formula is C16H21N3O. The minimum atomic E-state index is 0.306. The van der Waals surface area contributed by atoms with Crippen LogP contribution in [0.1, 0.15) is 18.5 Å². The van der Waals surface area contributed by atoms with Crippen LogP contribution in [0.2, 0.25) is 0 Å². The Morgan fingerprint density at radius 2 is 2.25 bits per heavy atom. The maximum atomic E-state index is 9.33. The standard InChI is InChI=1S/C16H21N3O/c20-13-14-4-2-8-18(11-14)12-16-6-3-9-19(16)15-5-1-7-17-10-15/h1,3,5-7,9-10,14,20H,2,4,8,11-13H2. The lowest BCUT2D eigenvalue weighted by Crippen LogP contribution is -2.36. The van der Waals surface area contributed by atoms with Gasteiger partial charge < -0.3 is 9.67 Å². The van der Waals surface area contributed by atoms with Gasteiger partial charge in [-0.2, -0.15) is 0 Å². The van der Waals surface area contributed by atoms with E-state index in [1.165, 1.54) is 12.1 Å². The van der Waals surface area contributed by atoms with Gasteiger partial charge in [-0.15, -0.1) is 0 Å². The fraction of sp³-hybridized carbons (Fsp3) is 0.438. The summed E-state index contributed by atoms with van der Waals surface area (Å²) >= 11 is 0. The van der Waals surface area contributed by atoms with Crippen molar-refractivity contribution in [2.75, 3.05) is 19.7 Å². The lowest BCUT2D eigenvalue weighted by atomic mass is 9.99. The van der Waals surface area contributed by atoms with E-state index >= 15 is 0 Å². The summed E-state index contributed by atoms with van der Waals surface area (Å²) in [6.45, 7) is 3.35. The van der Waals surface area contributed by atoms with Gasteiger partial charge in [0.2, 0.25) is 0 Å². The van der Waals surface area contributed by atoms with Gasteiger partial charge in [-0.25, -0.2) is 0 Å². The average Bonchev–Trinajstić information content (AvgIpc) is 2.96. The lowest BCUT2D eigenvalue weighted by Gasteiger charge is -2.31. The number of likely N-dealkylation sites (tertiary alicyclic amines) is 1. The Kier molecular flexibility index (Phi) is 4.14. The number of aliphatic hydroxyl groups excluding tert-OH is 1.